The maximum absolute atomic E-state index is 12.7. The van der Waals surface area contributed by atoms with Gasteiger partial charge in [0.1, 0.15) is 22.9 Å². The van der Waals surface area contributed by atoms with Gasteiger partial charge in [0.2, 0.25) is 0 Å². The molecule has 0 spiro atoms. The summed E-state index contributed by atoms with van der Waals surface area (Å²) in [5.74, 6) is 1.15. The van der Waals surface area contributed by atoms with E-state index in [9.17, 15) is 9.59 Å². The Kier molecular flexibility index (Phi) is 5.63. The third-order valence-corrected chi connectivity index (χ3v) is 3.98. The number of benzene rings is 1. The monoisotopic (exact) mass is 382 g/mol. The standard InChI is InChI=1S/C21H22N2O5/c1-12(2)11-27-17-8-15(9-18-16(17)7-13(3)28-18)20(24)23-19-6-5-14(10-22-19)21(25)26-4/h5-10,12H,11H2,1-4H3,(H,22,23,24). The number of carbonyl (C=O) groups is 2. The molecule has 1 N–H and O–H groups in total. The third-order valence-electron chi connectivity index (χ3n) is 3.98. The van der Waals surface area contributed by atoms with E-state index in [1.54, 1.807) is 12.1 Å². The first-order valence-electron chi connectivity index (χ1n) is 8.90. The van der Waals surface area contributed by atoms with Gasteiger partial charge in [0, 0.05) is 11.8 Å². The number of anilines is 1. The van der Waals surface area contributed by atoms with Crippen LogP contribution < -0.4 is 10.1 Å². The van der Waals surface area contributed by atoms with Crippen LogP contribution in [0.2, 0.25) is 0 Å². The van der Waals surface area contributed by atoms with E-state index in [1.807, 2.05) is 13.0 Å². The summed E-state index contributed by atoms with van der Waals surface area (Å²) in [5.41, 5.74) is 1.27. The number of nitrogens with one attached hydrogen (secondary N) is 1. The lowest BCUT2D eigenvalue weighted by Gasteiger charge is -2.11. The molecule has 0 unspecified atom stereocenters. The number of carbonyl (C=O) groups excluding carboxylic acids is 2. The minimum atomic E-state index is -0.490. The predicted molar refractivity (Wildman–Crippen MR) is 105 cm³/mol. The van der Waals surface area contributed by atoms with E-state index < -0.39 is 5.97 Å². The zero-order chi connectivity index (χ0) is 20.3. The lowest BCUT2D eigenvalue weighted by Crippen LogP contribution is -2.14. The van der Waals surface area contributed by atoms with Crippen LogP contribution >= 0.6 is 0 Å². The van der Waals surface area contributed by atoms with E-state index in [-0.39, 0.29) is 5.91 Å². The summed E-state index contributed by atoms with van der Waals surface area (Å²) in [6.07, 6.45) is 1.34. The van der Waals surface area contributed by atoms with Crippen molar-refractivity contribution in [3.63, 3.8) is 0 Å². The van der Waals surface area contributed by atoms with Gasteiger partial charge in [0.25, 0.3) is 5.91 Å². The summed E-state index contributed by atoms with van der Waals surface area (Å²) in [6.45, 7) is 6.48. The molecule has 0 bridgehead atoms. The molecule has 0 fully saturated rings. The van der Waals surface area contributed by atoms with Gasteiger partial charge < -0.3 is 19.2 Å². The topological polar surface area (TPSA) is 90.7 Å². The molecule has 0 aliphatic carbocycles. The average molecular weight is 382 g/mol. The van der Waals surface area contributed by atoms with Crippen molar-refractivity contribution < 1.29 is 23.5 Å². The first-order valence-corrected chi connectivity index (χ1v) is 8.90. The molecule has 1 amide bonds. The van der Waals surface area contributed by atoms with Crippen LogP contribution in [-0.2, 0) is 4.74 Å². The highest BCUT2D eigenvalue weighted by atomic mass is 16.5. The highest BCUT2D eigenvalue weighted by Crippen LogP contribution is 2.31. The Morgan fingerprint density at radius 3 is 2.61 bits per heavy atom. The van der Waals surface area contributed by atoms with E-state index in [1.165, 1.54) is 25.4 Å². The quantitative estimate of drug-likeness (QED) is 0.642. The summed E-state index contributed by atoms with van der Waals surface area (Å²) < 4.78 is 16.2. The Morgan fingerprint density at radius 2 is 1.96 bits per heavy atom. The van der Waals surface area contributed by atoms with Gasteiger partial charge in [-0.1, -0.05) is 13.8 Å². The smallest absolute Gasteiger partial charge is 0.339 e. The Hall–Kier alpha value is -3.35. The average Bonchev–Trinajstić information content (AvgIpc) is 3.06. The molecule has 28 heavy (non-hydrogen) atoms. The SMILES string of the molecule is COC(=O)c1ccc(NC(=O)c2cc(OCC(C)C)c3cc(C)oc3c2)nc1. The highest BCUT2D eigenvalue weighted by molar-refractivity contribution is 6.06. The normalized spacial score (nSPS) is 10.9. The van der Waals surface area contributed by atoms with Crippen LogP contribution in [-0.4, -0.2) is 30.6 Å². The molecule has 0 aliphatic heterocycles. The summed E-state index contributed by atoms with van der Waals surface area (Å²) in [7, 11) is 1.30. The molecule has 1 aromatic carbocycles. The summed E-state index contributed by atoms with van der Waals surface area (Å²) in [5, 5.41) is 3.54. The number of nitrogens with zero attached hydrogens (tertiary/aromatic N) is 1. The van der Waals surface area contributed by atoms with Crippen LogP contribution in [0.15, 0.2) is 40.9 Å². The zero-order valence-corrected chi connectivity index (χ0v) is 16.2. The molecule has 7 heteroatoms. The van der Waals surface area contributed by atoms with Crippen molar-refractivity contribution in [1.29, 1.82) is 0 Å². The molecule has 0 aliphatic rings. The summed E-state index contributed by atoms with van der Waals surface area (Å²) >= 11 is 0. The van der Waals surface area contributed by atoms with Gasteiger partial charge in [-0.15, -0.1) is 0 Å². The lowest BCUT2D eigenvalue weighted by atomic mass is 10.1. The van der Waals surface area contributed by atoms with Gasteiger partial charge in [-0.05, 0) is 43.2 Å². The minimum Gasteiger partial charge on any atom is -0.493 e. The van der Waals surface area contributed by atoms with Gasteiger partial charge in [-0.2, -0.15) is 0 Å². The molecule has 0 saturated carbocycles. The number of esters is 1. The van der Waals surface area contributed by atoms with E-state index in [0.717, 1.165) is 11.1 Å². The second kappa shape index (κ2) is 8.12. The second-order valence-electron chi connectivity index (χ2n) is 6.83. The first kappa shape index (κ1) is 19.4. The van der Waals surface area contributed by atoms with Crippen LogP contribution in [0.1, 0.15) is 40.3 Å². The Morgan fingerprint density at radius 1 is 1.18 bits per heavy atom. The first-order chi connectivity index (χ1) is 13.4. The van der Waals surface area contributed by atoms with Gasteiger partial charge in [0.05, 0.1) is 24.7 Å². The van der Waals surface area contributed by atoms with Crippen molar-refractivity contribution in [2.24, 2.45) is 5.92 Å². The molecule has 7 nitrogen and oxygen atoms in total. The molecule has 3 aromatic rings. The fourth-order valence-electron chi connectivity index (χ4n) is 2.64. The van der Waals surface area contributed by atoms with E-state index in [4.69, 9.17) is 9.15 Å². The number of rotatable bonds is 6. The molecule has 3 rings (SSSR count). The maximum atomic E-state index is 12.7. The van der Waals surface area contributed by atoms with Crippen LogP contribution in [0.4, 0.5) is 5.82 Å². The second-order valence-corrected chi connectivity index (χ2v) is 6.83. The molecule has 0 radical (unpaired) electrons. The van der Waals surface area contributed by atoms with Gasteiger partial charge in [-0.25, -0.2) is 9.78 Å². The predicted octanol–water partition coefficient (Wildman–Crippen LogP) is 4.21. The minimum absolute atomic E-state index is 0.303. The van der Waals surface area contributed by atoms with Gasteiger partial charge >= 0.3 is 5.97 Å². The number of furan rings is 1. The molecular weight excluding hydrogens is 360 g/mol. The zero-order valence-electron chi connectivity index (χ0n) is 16.2. The number of amides is 1. The van der Waals surface area contributed by atoms with Crippen LogP contribution in [0.5, 0.6) is 5.75 Å². The highest BCUT2D eigenvalue weighted by Gasteiger charge is 2.16. The number of pyridine rings is 1. The molecule has 0 atom stereocenters. The fourth-order valence-corrected chi connectivity index (χ4v) is 2.64. The van der Waals surface area contributed by atoms with Crippen molar-refractivity contribution in [3.05, 3.63) is 53.4 Å². The van der Waals surface area contributed by atoms with Gasteiger partial charge in [-0.3, -0.25) is 4.79 Å². The van der Waals surface area contributed by atoms with Crippen molar-refractivity contribution in [2.45, 2.75) is 20.8 Å². The number of fused-ring (bicyclic) bond motifs is 1. The number of ether oxygens (including phenoxy) is 2. The largest absolute Gasteiger partial charge is 0.493 e. The number of aryl methyl sites for hydroxylation is 1. The Balaban J connectivity index is 1.85. The number of aromatic nitrogens is 1. The Bertz CT molecular complexity index is 1010. The molecule has 2 heterocycles. The van der Waals surface area contributed by atoms with Crippen LogP contribution in [0, 0.1) is 12.8 Å². The van der Waals surface area contributed by atoms with Crippen molar-refractivity contribution in [3.8, 4) is 5.75 Å². The maximum Gasteiger partial charge on any atom is 0.339 e. The summed E-state index contributed by atoms with van der Waals surface area (Å²) in [4.78, 5) is 28.2. The number of hydrogen-bond acceptors (Lipinski definition) is 6. The fraction of sp³-hybridized carbons (Fsp3) is 0.286. The van der Waals surface area contributed by atoms with Crippen molar-refractivity contribution in [1.82, 2.24) is 4.98 Å². The van der Waals surface area contributed by atoms with E-state index in [0.29, 0.717) is 40.8 Å². The van der Waals surface area contributed by atoms with Crippen molar-refractivity contribution >= 4 is 28.7 Å². The summed E-state index contributed by atoms with van der Waals surface area (Å²) in [6, 6.07) is 8.32. The third kappa shape index (κ3) is 4.31. The van der Waals surface area contributed by atoms with E-state index in [2.05, 4.69) is 28.9 Å². The van der Waals surface area contributed by atoms with Crippen LogP contribution in [0.3, 0.4) is 0 Å². The van der Waals surface area contributed by atoms with Gasteiger partial charge in [0.15, 0.2) is 0 Å². The van der Waals surface area contributed by atoms with Crippen LogP contribution in [0.25, 0.3) is 11.0 Å². The lowest BCUT2D eigenvalue weighted by molar-refractivity contribution is 0.0600. The molecule has 2 aromatic heterocycles. The van der Waals surface area contributed by atoms with Crippen molar-refractivity contribution in [2.75, 3.05) is 19.0 Å². The van der Waals surface area contributed by atoms with E-state index >= 15 is 0 Å². The molecule has 0 saturated heterocycles. The number of methoxy groups -OCH3 is 1. The molecule has 146 valence electrons. The number of hydrogen-bond donors (Lipinski definition) is 1. The molecular formula is C21H22N2O5. The Labute approximate surface area is 162 Å².